The van der Waals surface area contributed by atoms with Gasteiger partial charge < -0.3 is 9.32 Å². The number of rotatable bonds is 3. The van der Waals surface area contributed by atoms with Gasteiger partial charge in [-0.1, -0.05) is 66.7 Å². The van der Waals surface area contributed by atoms with E-state index in [1.54, 1.807) is 0 Å². The third-order valence-electron chi connectivity index (χ3n) is 8.84. The number of hydrogen-bond donors (Lipinski definition) is 0. The first kappa shape index (κ1) is 24.3. The largest absolute Gasteiger partial charge is 0.456 e. The van der Waals surface area contributed by atoms with Crippen molar-refractivity contribution < 1.29 is 4.42 Å². The van der Waals surface area contributed by atoms with Crippen LogP contribution in [0.3, 0.4) is 0 Å². The maximum absolute atomic E-state index is 6.36. The molecule has 0 aliphatic carbocycles. The van der Waals surface area contributed by atoms with E-state index in [4.69, 9.17) is 4.42 Å². The number of para-hydroxylation sites is 1. The minimum Gasteiger partial charge on any atom is -0.456 e. The molecule has 2 nitrogen and oxygen atoms in total. The van der Waals surface area contributed by atoms with E-state index in [2.05, 4.69) is 132 Å². The van der Waals surface area contributed by atoms with Crippen LogP contribution in [0.2, 0.25) is 0 Å². The Labute approximate surface area is 260 Å². The zero-order valence-corrected chi connectivity index (χ0v) is 25.1. The van der Waals surface area contributed by atoms with Crippen LogP contribution in [0.1, 0.15) is 0 Å². The van der Waals surface area contributed by atoms with Crippen molar-refractivity contribution in [3.63, 3.8) is 0 Å². The van der Waals surface area contributed by atoms with Gasteiger partial charge in [-0.25, -0.2) is 0 Å². The second-order valence-electron chi connectivity index (χ2n) is 11.3. The first-order chi connectivity index (χ1) is 21.8. The topological polar surface area (TPSA) is 16.4 Å². The lowest BCUT2D eigenvalue weighted by Crippen LogP contribution is -2.09. The van der Waals surface area contributed by atoms with Crippen molar-refractivity contribution in [3.05, 3.63) is 140 Å². The Balaban J connectivity index is 1.22. The maximum Gasteiger partial charge on any atom is 0.137 e. The molecule has 0 saturated carbocycles. The zero-order valence-electron chi connectivity index (χ0n) is 23.5. The zero-order chi connectivity index (χ0) is 28.8. The summed E-state index contributed by atoms with van der Waals surface area (Å²) in [5.74, 6) is 0. The van der Waals surface area contributed by atoms with Gasteiger partial charge in [-0.15, -0.1) is 22.7 Å². The molecule has 0 saturated heterocycles. The van der Waals surface area contributed by atoms with Crippen molar-refractivity contribution >= 4 is 113 Å². The highest BCUT2D eigenvalue weighted by Gasteiger charge is 2.18. The maximum atomic E-state index is 6.36. The Kier molecular flexibility index (Phi) is 5.06. The smallest absolute Gasteiger partial charge is 0.137 e. The van der Waals surface area contributed by atoms with Crippen LogP contribution >= 0.6 is 22.7 Å². The van der Waals surface area contributed by atoms with Crippen LogP contribution in [-0.2, 0) is 0 Å². The fourth-order valence-corrected chi connectivity index (χ4v) is 9.04. The highest BCUT2D eigenvalue weighted by molar-refractivity contribution is 7.26. The van der Waals surface area contributed by atoms with Gasteiger partial charge in [-0.05, 0) is 77.5 Å². The Morgan fingerprint density at radius 1 is 0.386 bits per heavy atom. The summed E-state index contributed by atoms with van der Waals surface area (Å²) in [6.45, 7) is 0. The van der Waals surface area contributed by atoms with E-state index in [0.29, 0.717) is 0 Å². The van der Waals surface area contributed by atoms with Crippen molar-refractivity contribution in [1.29, 1.82) is 0 Å². The first-order valence-corrected chi connectivity index (χ1v) is 16.4. The fourth-order valence-electron chi connectivity index (χ4n) is 6.83. The van der Waals surface area contributed by atoms with Crippen LogP contribution < -0.4 is 4.90 Å². The molecule has 4 heteroatoms. The molecule has 0 bridgehead atoms. The van der Waals surface area contributed by atoms with E-state index < -0.39 is 0 Å². The van der Waals surface area contributed by atoms with Crippen LogP contribution in [-0.4, -0.2) is 0 Å². The molecule has 0 spiro atoms. The lowest BCUT2D eigenvalue weighted by atomic mass is 10.0. The summed E-state index contributed by atoms with van der Waals surface area (Å²) < 4.78 is 11.6. The van der Waals surface area contributed by atoms with Crippen LogP contribution in [0.4, 0.5) is 17.1 Å². The average Bonchev–Trinajstić information content (AvgIpc) is 3.75. The van der Waals surface area contributed by atoms with E-state index in [1.165, 1.54) is 51.1 Å². The second-order valence-corrected chi connectivity index (χ2v) is 13.5. The number of furan rings is 1. The predicted molar refractivity (Wildman–Crippen MR) is 192 cm³/mol. The van der Waals surface area contributed by atoms with Crippen LogP contribution in [0.15, 0.2) is 144 Å². The molecule has 206 valence electrons. The number of fused-ring (bicyclic) bond motifs is 11. The summed E-state index contributed by atoms with van der Waals surface area (Å²) in [5.41, 5.74) is 5.11. The third-order valence-corrected chi connectivity index (χ3v) is 11.1. The van der Waals surface area contributed by atoms with Crippen LogP contribution in [0.25, 0.3) is 73.1 Å². The molecule has 0 aliphatic rings. The number of benzene rings is 7. The highest BCUT2D eigenvalue weighted by Crippen LogP contribution is 2.44. The number of hydrogen-bond acceptors (Lipinski definition) is 4. The fraction of sp³-hybridized carbons (Fsp3) is 0. The Morgan fingerprint density at radius 2 is 0.977 bits per heavy atom. The average molecular weight is 598 g/mol. The molecule has 44 heavy (non-hydrogen) atoms. The van der Waals surface area contributed by atoms with Gasteiger partial charge in [0.05, 0.1) is 0 Å². The monoisotopic (exact) mass is 597 g/mol. The molecule has 0 N–H and O–H groups in total. The van der Waals surface area contributed by atoms with Gasteiger partial charge in [-0.2, -0.15) is 0 Å². The Hall–Kier alpha value is -5.16. The lowest BCUT2D eigenvalue weighted by molar-refractivity contribution is 0.669. The summed E-state index contributed by atoms with van der Waals surface area (Å²) in [7, 11) is 0. The normalized spacial score (nSPS) is 12.1. The van der Waals surface area contributed by atoms with Gasteiger partial charge >= 0.3 is 0 Å². The van der Waals surface area contributed by atoms with Crippen molar-refractivity contribution in [3.8, 4) is 0 Å². The van der Waals surface area contributed by atoms with Gasteiger partial charge in [0, 0.05) is 74.2 Å². The summed E-state index contributed by atoms with van der Waals surface area (Å²) in [6, 6.07) is 50.6. The summed E-state index contributed by atoms with van der Waals surface area (Å²) in [6.07, 6.45) is 0. The van der Waals surface area contributed by atoms with Gasteiger partial charge in [-0.3, -0.25) is 0 Å². The molecule has 0 unspecified atom stereocenters. The number of nitrogens with zero attached hydrogens (tertiary/aromatic N) is 1. The molecule has 0 aliphatic heterocycles. The summed E-state index contributed by atoms with van der Waals surface area (Å²) in [5, 5.41) is 10.0. The number of thiophene rings is 2. The van der Waals surface area contributed by atoms with E-state index in [9.17, 15) is 0 Å². The van der Waals surface area contributed by atoms with E-state index in [0.717, 1.165) is 39.0 Å². The molecule has 3 aromatic heterocycles. The molecule has 0 fully saturated rings. The SMILES string of the molecule is c1ccc2c(c1)oc1cc(N(c3ccc4c(ccc5sc6ccccc6c54)c3)c3ccc4sc5ccccc5c4c3)ccc12. The molecule has 0 amide bonds. The molecular weight excluding hydrogens is 575 g/mol. The molecule has 10 rings (SSSR count). The molecule has 10 aromatic rings. The second kappa shape index (κ2) is 9.17. The van der Waals surface area contributed by atoms with Crippen molar-refractivity contribution in [2.24, 2.45) is 0 Å². The predicted octanol–water partition coefficient (Wildman–Crippen LogP) is 12.9. The van der Waals surface area contributed by atoms with Crippen LogP contribution in [0.5, 0.6) is 0 Å². The van der Waals surface area contributed by atoms with Crippen molar-refractivity contribution in [2.45, 2.75) is 0 Å². The third kappa shape index (κ3) is 3.53. The summed E-state index contributed by atoms with van der Waals surface area (Å²) in [4.78, 5) is 2.37. The van der Waals surface area contributed by atoms with Crippen molar-refractivity contribution in [1.82, 2.24) is 0 Å². The molecule has 7 aromatic carbocycles. The van der Waals surface area contributed by atoms with Gasteiger partial charge in [0.15, 0.2) is 0 Å². The van der Waals surface area contributed by atoms with E-state index >= 15 is 0 Å². The standard InChI is InChI=1S/C40H23NOS2/c1-4-10-34-29(7-1)30-18-15-27(23-35(30)42-34)41(26-16-20-38-33(22-26)31-8-2-5-11-36(31)43-38)25-14-17-28-24(21-25)13-19-39-40(28)32-9-3-6-12-37(32)44-39/h1-23H. The van der Waals surface area contributed by atoms with Gasteiger partial charge in [0.2, 0.25) is 0 Å². The molecule has 3 heterocycles. The highest BCUT2D eigenvalue weighted by atomic mass is 32.1. The minimum absolute atomic E-state index is 0.892. The number of anilines is 3. The first-order valence-electron chi connectivity index (χ1n) is 14.8. The lowest BCUT2D eigenvalue weighted by Gasteiger charge is -2.26. The van der Waals surface area contributed by atoms with Crippen LogP contribution in [0, 0.1) is 0 Å². The molecule has 0 radical (unpaired) electrons. The van der Waals surface area contributed by atoms with Crippen molar-refractivity contribution in [2.75, 3.05) is 4.90 Å². The van der Waals surface area contributed by atoms with Gasteiger partial charge in [0.1, 0.15) is 11.2 Å². The quantitative estimate of drug-likeness (QED) is 0.201. The Bertz CT molecular complexity index is 2750. The Morgan fingerprint density at radius 3 is 1.86 bits per heavy atom. The molecular formula is C40H23NOS2. The minimum atomic E-state index is 0.892. The molecule has 0 atom stereocenters. The van der Waals surface area contributed by atoms with E-state index in [1.807, 2.05) is 34.8 Å². The van der Waals surface area contributed by atoms with Gasteiger partial charge in [0.25, 0.3) is 0 Å². The summed E-state index contributed by atoms with van der Waals surface area (Å²) >= 11 is 3.72. The van der Waals surface area contributed by atoms with E-state index in [-0.39, 0.29) is 0 Å².